The number of piperidine rings is 1. The van der Waals surface area contributed by atoms with Crippen LogP contribution in [0.5, 0.6) is 5.75 Å². The van der Waals surface area contributed by atoms with Gasteiger partial charge in [-0.2, -0.15) is 0 Å². The van der Waals surface area contributed by atoms with E-state index >= 15 is 0 Å². The lowest BCUT2D eigenvalue weighted by molar-refractivity contribution is -0.697. The van der Waals surface area contributed by atoms with Gasteiger partial charge in [-0.3, -0.25) is 0 Å². The van der Waals surface area contributed by atoms with Gasteiger partial charge in [-0.1, -0.05) is 12.1 Å². The highest BCUT2D eigenvalue weighted by Crippen LogP contribution is 2.14. The first-order chi connectivity index (χ1) is 7.88. The second kappa shape index (κ2) is 5.90. The van der Waals surface area contributed by atoms with E-state index in [1.807, 2.05) is 6.92 Å². The van der Waals surface area contributed by atoms with Gasteiger partial charge in [0.15, 0.2) is 0 Å². The Bertz CT molecular complexity index is 301. The van der Waals surface area contributed by atoms with Gasteiger partial charge in [0.05, 0.1) is 19.2 Å². The van der Waals surface area contributed by atoms with Crippen LogP contribution in [0.25, 0.3) is 0 Å². The van der Waals surface area contributed by atoms with E-state index in [2.05, 4.69) is 29.6 Å². The highest BCUT2D eigenvalue weighted by Gasteiger charge is 2.16. The topological polar surface area (TPSA) is 25.8 Å². The predicted octanol–water partition coefficient (Wildman–Crippen LogP) is 1.74. The Balaban J connectivity index is 1.88. The van der Waals surface area contributed by atoms with E-state index in [9.17, 15) is 0 Å². The Hall–Kier alpha value is -1.02. The minimum Gasteiger partial charge on any atom is -0.494 e. The zero-order valence-corrected chi connectivity index (χ0v) is 10.1. The van der Waals surface area contributed by atoms with Crippen LogP contribution in [0.4, 0.5) is 0 Å². The number of nitrogens with two attached hydrogens (primary N) is 1. The van der Waals surface area contributed by atoms with Gasteiger partial charge in [-0.25, -0.2) is 0 Å². The normalized spacial score (nSPS) is 20.7. The summed E-state index contributed by atoms with van der Waals surface area (Å²) in [6.45, 7) is 4.07. The molecule has 2 nitrogen and oxygen atoms in total. The summed E-state index contributed by atoms with van der Waals surface area (Å²) in [4.78, 5) is 0. The number of quaternary nitrogens is 1. The second-order valence-electron chi connectivity index (χ2n) is 4.56. The lowest BCUT2D eigenvalue weighted by Crippen LogP contribution is -2.91. The molecular formula is C14H22NO+. The third-order valence-corrected chi connectivity index (χ3v) is 3.26. The van der Waals surface area contributed by atoms with Gasteiger partial charge in [-0.15, -0.1) is 0 Å². The molecule has 1 fully saturated rings. The molecule has 0 aliphatic carbocycles. The first kappa shape index (κ1) is 11.5. The van der Waals surface area contributed by atoms with E-state index < -0.39 is 0 Å². The van der Waals surface area contributed by atoms with Crippen molar-refractivity contribution in [2.24, 2.45) is 0 Å². The summed E-state index contributed by atoms with van der Waals surface area (Å²) in [5, 5.41) is 2.50. The van der Waals surface area contributed by atoms with Crippen LogP contribution in [0.1, 0.15) is 31.7 Å². The first-order valence-corrected chi connectivity index (χ1v) is 6.43. The summed E-state index contributed by atoms with van der Waals surface area (Å²) in [5.41, 5.74) is 1.44. The summed E-state index contributed by atoms with van der Waals surface area (Å²) in [7, 11) is 0. The van der Waals surface area contributed by atoms with Gasteiger partial charge >= 0.3 is 0 Å². The highest BCUT2D eigenvalue weighted by molar-refractivity contribution is 5.27. The molecule has 0 saturated carbocycles. The van der Waals surface area contributed by atoms with E-state index in [1.54, 1.807) is 0 Å². The molecule has 2 N–H and O–H groups in total. The van der Waals surface area contributed by atoms with E-state index in [0.29, 0.717) is 0 Å². The van der Waals surface area contributed by atoms with E-state index in [0.717, 1.165) is 18.4 Å². The molecule has 0 bridgehead atoms. The molecule has 1 aliphatic heterocycles. The standard InChI is InChI=1S/C14H21NO/c1-2-16-14-8-6-12(7-9-14)11-13-5-3-4-10-15-13/h6-9,13,15H,2-5,10-11H2,1H3/p+1/t13-/m1/s1. The van der Waals surface area contributed by atoms with Crippen molar-refractivity contribution in [3.05, 3.63) is 29.8 Å². The molecule has 0 radical (unpaired) electrons. The molecule has 0 unspecified atom stereocenters. The third-order valence-electron chi connectivity index (χ3n) is 3.26. The third kappa shape index (κ3) is 3.24. The monoisotopic (exact) mass is 220 g/mol. The van der Waals surface area contributed by atoms with Gasteiger partial charge < -0.3 is 10.1 Å². The van der Waals surface area contributed by atoms with Crippen LogP contribution in [0.15, 0.2) is 24.3 Å². The fourth-order valence-electron chi connectivity index (χ4n) is 2.40. The van der Waals surface area contributed by atoms with Crippen LogP contribution < -0.4 is 10.1 Å². The number of rotatable bonds is 4. The molecule has 0 amide bonds. The lowest BCUT2D eigenvalue weighted by Gasteiger charge is -2.20. The Morgan fingerprint density at radius 3 is 2.69 bits per heavy atom. The smallest absolute Gasteiger partial charge is 0.119 e. The fourth-order valence-corrected chi connectivity index (χ4v) is 2.40. The first-order valence-electron chi connectivity index (χ1n) is 6.43. The largest absolute Gasteiger partial charge is 0.494 e. The molecule has 1 saturated heterocycles. The van der Waals surface area contributed by atoms with Crippen LogP contribution in [-0.4, -0.2) is 19.2 Å². The summed E-state index contributed by atoms with van der Waals surface area (Å²) in [5.74, 6) is 0.985. The van der Waals surface area contributed by atoms with Gasteiger partial charge in [0.1, 0.15) is 5.75 Å². The average molecular weight is 220 g/mol. The van der Waals surface area contributed by atoms with Crippen LogP contribution in [0, 0.1) is 0 Å². The van der Waals surface area contributed by atoms with Gasteiger partial charge in [0.2, 0.25) is 0 Å². The van der Waals surface area contributed by atoms with E-state index in [-0.39, 0.29) is 0 Å². The Morgan fingerprint density at radius 1 is 1.25 bits per heavy atom. The van der Waals surface area contributed by atoms with Crippen molar-refractivity contribution in [1.29, 1.82) is 0 Å². The molecule has 0 aromatic heterocycles. The average Bonchev–Trinajstić information content (AvgIpc) is 2.33. The maximum Gasteiger partial charge on any atom is 0.119 e. The minimum atomic E-state index is 0.746. The van der Waals surface area contributed by atoms with Crippen molar-refractivity contribution in [2.45, 2.75) is 38.6 Å². The molecule has 1 heterocycles. The Kier molecular flexibility index (Phi) is 4.23. The Labute approximate surface area is 98.0 Å². The van der Waals surface area contributed by atoms with E-state index in [4.69, 9.17) is 4.74 Å². The molecule has 1 aromatic carbocycles. The lowest BCUT2D eigenvalue weighted by atomic mass is 9.98. The number of ether oxygens (including phenoxy) is 1. The zero-order valence-electron chi connectivity index (χ0n) is 10.1. The summed E-state index contributed by atoms with van der Waals surface area (Å²) < 4.78 is 5.44. The molecule has 1 atom stereocenters. The fraction of sp³-hybridized carbons (Fsp3) is 0.571. The SMILES string of the molecule is CCOc1ccc(C[C@H]2CCCC[NH2+]2)cc1. The number of hydrogen-bond donors (Lipinski definition) is 1. The van der Waals surface area contributed by atoms with Crippen LogP contribution >= 0.6 is 0 Å². The van der Waals surface area contributed by atoms with Crippen molar-refractivity contribution in [3.63, 3.8) is 0 Å². The van der Waals surface area contributed by atoms with Crippen molar-refractivity contribution in [2.75, 3.05) is 13.2 Å². The van der Waals surface area contributed by atoms with E-state index in [1.165, 1.54) is 37.8 Å². The molecular weight excluding hydrogens is 198 g/mol. The molecule has 1 aromatic rings. The van der Waals surface area contributed by atoms with Gasteiger partial charge in [0.25, 0.3) is 0 Å². The summed E-state index contributed by atoms with van der Waals surface area (Å²) >= 11 is 0. The van der Waals surface area contributed by atoms with Crippen LogP contribution in [0.3, 0.4) is 0 Å². The maximum absolute atomic E-state index is 5.44. The highest BCUT2D eigenvalue weighted by atomic mass is 16.5. The quantitative estimate of drug-likeness (QED) is 0.822. The molecule has 88 valence electrons. The summed E-state index contributed by atoms with van der Waals surface area (Å²) in [6.07, 6.45) is 5.36. The molecule has 2 heteroatoms. The molecule has 1 aliphatic rings. The van der Waals surface area contributed by atoms with Gasteiger partial charge in [-0.05, 0) is 43.9 Å². The zero-order chi connectivity index (χ0) is 11.2. The molecule has 0 spiro atoms. The molecule has 2 rings (SSSR count). The van der Waals surface area contributed by atoms with Gasteiger partial charge in [0, 0.05) is 6.42 Å². The van der Waals surface area contributed by atoms with Crippen molar-refractivity contribution in [3.8, 4) is 5.75 Å². The second-order valence-corrected chi connectivity index (χ2v) is 4.56. The van der Waals surface area contributed by atoms with Crippen LogP contribution in [0.2, 0.25) is 0 Å². The Morgan fingerprint density at radius 2 is 2.06 bits per heavy atom. The maximum atomic E-state index is 5.44. The number of benzene rings is 1. The minimum absolute atomic E-state index is 0.746. The predicted molar refractivity (Wildman–Crippen MR) is 65.7 cm³/mol. The van der Waals surface area contributed by atoms with Crippen molar-refractivity contribution < 1.29 is 10.1 Å². The number of hydrogen-bond acceptors (Lipinski definition) is 1. The van der Waals surface area contributed by atoms with Crippen molar-refractivity contribution in [1.82, 2.24) is 0 Å². The summed E-state index contributed by atoms with van der Waals surface area (Å²) in [6, 6.07) is 9.37. The van der Waals surface area contributed by atoms with Crippen molar-refractivity contribution >= 4 is 0 Å². The van der Waals surface area contributed by atoms with Crippen LogP contribution in [-0.2, 0) is 6.42 Å². The molecule has 16 heavy (non-hydrogen) atoms.